The van der Waals surface area contributed by atoms with Gasteiger partial charge in [0.05, 0.1) is 6.61 Å². The molecule has 13 heavy (non-hydrogen) atoms. The van der Waals surface area contributed by atoms with Gasteiger partial charge in [0.15, 0.2) is 11.6 Å². The Balaban J connectivity index is 2.61. The summed E-state index contributed by atoms with van der Waals surface area (Å²) in [5.41, 5.74) is 5.95. The first kappa shape index (κ1) is 7.87. The Morgan fingerprint density at radius 1 is 1.46 bits per heavy atom. The molecule has 0 bridgehead atoms. The number of aliphatic hydroxyl groups excluding tert-OH is 1. The molecular formula is C6H8N6O. The fraction of sp³-hybridized carbons (Fsp3) is 0.333. The zero-order valence-electron chi connectivity index (χ0n) is 6.75. The van der Waals surface area contributed by atoms with Crippen LogP contribution in [0.1, 0.15) is 5.82 Å². The molecule has 0 saturated heterocycles. The summed E-state index contributed by atoms with van der Waals surface area (Å²) < 4.78 is 1.47. The highest BCUT2D eigenvalue weighted by molar-refractivity contribution is 5.57. The molecule has 3 N–H and O–H groups in total. The van der Waals surface area contributed by atoms with Crippen molar-refractivity contribution in [2.24, 2.45) is 0 Å². The first-order valence-corrected chi connectivity index (χ1v) is 3.74. The van der Waals surface area contributed by atoms with Crippen molar-refractivity contribution in [1.29, 1.82) is 0 Å². The van der Waals surface area contributed by atoms with E-state index in [0.717, 1.165) is 0 Å². The standard InChI is InChI=1S/C6H8N6O/c7-5-6-11-10-4(1-2-13)12(6)9-3-8-5/h3,13H,1-2H2,(H2,7,8,9). The zero-order chi connectivity index (χ0) is 9.26. The second kappa shape index (κ2) is 2.94. The number of nitrogens with zero attached hydrogens (tertiary/aromatic N) is 5. The van der Waals surface area contributed by atoms with E-state index in [-0.39, 0.29) is 12.4 Å². The molecule has 0 fully saturated rings. The predicted molar refractivity (Wildman–Crippen MR) is 43.8 cm³/mol. The highest BCUT2D eigenvalue weighted by Crippen LogP contribution is 2.06. The van der Waals surface area contributed by atoms with Crippen LogP contribution >= 0.6 is 0 Å². The molecule has 2 rings (SSSR count). The SMILES string of the molecule is Nc1ncnn2c(CCO)nnc12. The van der Waals surface area contributed by atoms with E-state index in [0.29, 0.717) is 17.9 Å². The van der Waals surface area contributed by atoms with Gasteiger partial charge in [-0.1, -0.05) is 0 Å². The normalized spacial score (nSPS) is 10.8. The van der Waals surface area contributed by atoms with Crippen molar-refractivity contribution in [2.45, 2.75) is 6.42 Å². The Bertz CT molecular complexity index is 424. The first-order valence-electron chi connectivity index (χ1n) is 3.74. The summed E-state index contributed by atoms with van der Waals surface area (Å²) >= 11 is 0. The van der Waals surface area contributed by atoms with Crippen molar-refractivity contribution in [2.75, 3.05) is 12.3 Å². The van der Waals surface area contributed by atoms with Gasteiger partial charge in [0, 0.05) is 6.42 Å². The van der Waals surface area contributed by atoms with Gasteiger partial charge in [-0.3, -0.25) is 0 Å². The van der Waals surface area contributed by atoms with E-state index in [2.05, 4.69) is 20.3 Å². The van der Waals surface area contributed by atoms with Crippen LogP contribution in [0, 0.1) is 0 Å². The van der Waals surface area contributed by atoms with E-state index in [1.165, 1.54) is 10.8 Å². The van der Waals surface area contributed by atoms with E-state index in [4.69, 9.17) is 10.8 Å². The third-order valence-electron chi connectivity index (χ3n) is 1.63. The predicted octanol–water partition coefficient (Wildman–Crippen LogP) is -1.36. The number of fused-ring (bicyclic) bond motifs is 1. The van der Waals surface area contributed by atoms with Crippen LogP contribution in [0.3, 0.4) is 0 Å². The molecule has 0 spiro atoms. The summed E-state index contributed by atoms with van der Waals surface area (Å²) in [6.45, 7) is 0.00466. The molecule has 7 nitrogen and oxygen atoms in total. The number of anilines is 1. The fourth-order valence-electron chi connectivity index (χ4n) is 1.05. The van der Waals surface area contributed by atoms with Crippen LogP contribution in [0.4, 0.5) is 5.82 Å². The smallest absolute Gasteiger partial charge is 0.220 e. The molecule has 2 aromatic heterocycles. The number of hydrogen-bond donors (Lipinski definition) is 2. The Morgan fingerprint density at radius 2 is 2.31 bits per heavy atom. The van der Waals surface area contributed by atoms with Gasteiger partial charge in [0.25, 0.3) is 0 Å². The largest absolute Gasteiger partial charge is 0.396 e. The average Bonchev–Trinajstić information content (AvgIpc) is 2.51. The van der Waals surface area contributed by atoms with E-state index in [1.54, 1.807) is 0 Å². The summed E-state index contributed by atoms with van der Waals surface area (Å²) in [6, 6.07) is 0. The maximum absolute atomic E-state index is 8.71. The number of nitrogen functional groups attached to an aromatic ring is 1. The van der Waals surface area contributed by atoms with Crippen LogP contribution in [0.2, 0.25) is 0 Å². The van der Waals surface area contributed by atoms with Crippen molar-refractivity contribution in [1.82, 2.24) is 24.8 Å². The number of rotatable bonds is 2. The molecule has 0 radical (unpaired) electrons. The van der Waals surface area contributed by atoms with Crippen LogP contribution in [0.25, 0.3) is 5.65 Å². The summed E-state index contributed by atoms with van der Waals surface area (Å²) in [5.74, 6) is 0.860. The Labute approximate surface area is 73.2 Å². The lowest BCUT2D eigenvalue weighted by Gasteiger charge is -1.95. The van der Waals surface area contributed by atoms with Gasteiger partial charge < -0.3 is 10.8 Å². The summed E-state index contributed by atoms with van der Waals surface area (Å²) in [6.07, 6.45) is 1.73. The minimum absolute atomic E-state index is 0.00466. The number of hydrogen-bond acceptors (Lipinski definition) is 6. The third kappa shape index (κ3) is 1.18. The molecule has 0 saturated carbocycles. The first-order chi connectivity index (χ1) is 6.33. The maximum Gasteiger partial charge on any atom is 0.220 e. The molecule has 7 heteroatoms. The van der Waals surface area contributed by atoms with Crippen molar-refractivity contribution < 1.29 is 5.11 Å². The molecule has 0 aromatic carbocycles. The second-order valence-corrected chi connectivity index (χ2v) is 2.47. The van der Waals surface area contributed by atoms with Gasteiger partial charge in [-0.15, -0.1) is 10.2 Å². The zero-order valence-corrected chi connectivity index (χ0v) is 6.75. The molecule has 0 unspecified atom stereocenters. The van der Waals surface area contributed by atoms with Crippen molar-refractivity contribution in [3.8, 4) is 0 Å². The van der Waals surface area contributed by atoms with Crippen LogP contribution < -0.4 is 5.73 Å². The van der Waals surface area contributed by atoms with Gasteiger partial charge in [-0.2, -0.15) is 9.61 Å². The quantitative estimate of drug-likeness (QED) is 0.591. The highest BCUT2D eigenvalue weighted by atomic mass is 16.3. The summed E-state index contributed by atoms with van der Waals surface area (Å²) in [7, 11) is 0. The van der Waals surface area contributed by atoms with E-state index in [1.807, 2.05) is 0 Å². The lowest BCUT2D eigenvalue weighted by Crippen LogP contribution is -2.04. The van der Waals surface area contributed by atoms with Gasteiger partial charge in [-0.25, -0.2) is 4.98 Å². The number of nitrogens with two attached hydrogens (primary N) is 1. The lowest BCUT2D eigenvalue weighted by atomic mass is 10.4. The van der Waals surface area contributed by atoms with Gasteiger partial charge in [-0.05, 0) is 0 Å². The van der Waals surface area contributed by atoms with Crippen molar-refractivity contribution in [3.05, 3.63) is 12.2 Å². The van der Waals surface area contributed by atoms with Gasteiger partial charge >= 0.3 is 0 Å². The lowest BCUT2D eigenvalue weighted by molar-refractivity contribution is 0.295. The van der Waals surface area contributed by atoms with E-state index < -0.39 is 0 Å². The molecule has 2 heterocycles. The van der Waals surface area contributed by atoms with Crippen molar-refractivity contribution in [3.63, 3.8) is 0 Å². The summed E-state index contributed by atoms with van der Waals surface area (Å²) in [5, 5.41) is 20.2. The molecular weight excluding hydrogens is 172 g/mol. The minimum Gasteiger partial charge on any atom is -0.396 e. The summed E-state index contributed by atoms with van der Waals surface area (Å²) in [4.78, 5) is 3.76. The molecule has 2 aromatic rings. The van der Waals surface area contributed by atoms with E-state index >= 15 is 0 Å². The minimum atomic E-state index is 0.00466. The Morgan fingerprint density at radius 3 is 3.08 bits per heavy atom. The fourth-order valence-corrected chi connectivity index (χ4v) is 1.05. The molecule has 0 aliphatic carbocycles. The topological polar surface area (TPSA) is 102 Å². The van der Waals surface area contributed by atoms with Crippen LogP contribution in [-0.4, -0.2) is 36.5 Å². The van der Waals surface area contributed by atoms with Crippen LogP contribution in [0.15, 0.2) is 6.33 Å². The average molecular weight is 180 g/mol. The number of aliphatic hydroxyl groups is 1. The van der Waals surface area contributed by atoms with Crippen molar-refractivity contribution >= 4 is 11.5 Å². The van der Waals surface area contributed by atoms with Crippen LogP contribution in [-0.2, 0) is 6.42 Å². The Kier molecular flexibility index (Phi) is 1.78. The third-order valence-corrected chi connectivity index (χ3v) is 1.63. The highest BCUT2D eigenvalue weighted by Gasteiger charge is 2.08. The molecule has 0 aliphatic heterocycles. The number of aromatic nitrogens is 5. The molecule has 0 atom stereocenters. The molecule has 68 valence electrons. The Hall–Kier alpha value is -1.76. The maximum atomic E-state index is 8.71. The van der Waals surface area contributed by atoms with Gasteiger partial charge in [0.1, 0.15) is 6.33 Å². The van der Waals surface area contributed by atoms with Crippen LogP contribution in [0.5, 0.6) is 0 Å². The van der Waals surface area contributed by atoms with Gasteiger partial charge in [0.2, 0.25) is 5.65 Å². The van der Waals surface area contributed by atoms with E-state index in [9.17, 15) is 0 Å². The molecule has 0 aliphatic rings. The second-order valence-electron chi connectivity index (χ2n) is 2.47. The molecule has 0 amide bonds. The monoisotopic (exact) mass is 180 g/mol.